The highest BCUT2D eigenvalue weighted by molar-refractivity contribution is 6.14. The Morgan fingerprint density at radius 1 is 0.278 bits per heavy atom. The van der Waals surface area contributed by atoms with E-state index in [2.05, 4.69) is 318 Å². The Bertz CT molecular complexity index is 4090. The predicted octanol–water partition coefficient (Wildman–Crippen LogP) is 22.1. The quantitative estimate of drug-likeness (QED) is 0.136. The van der Waals surface area contributed by atoms with Crippen molar-refractivity contribution in [2.75, 3.05) is 9.80 Å². The van der Waals surface area contributed by atoms with Gasteiger partial charge in [-0.3, -0.25) is 0 Å². The number of furan rings is 1. The Kier molecular flexibility index (Phi) is 12.4. The van der Waals surface area contributed by atoms with Crippen molar-refractivity contribution in [3.05, 3.63) is 278 Å². The van der Waals surface area contributed by atoms with E-state index in [0.29, 0.717) is 0 Å². The van der Waals surface area contributed by atoms with Gasteiger partial charge in [0.15, 0.2) is 0 Å². The second-order valence-electron chi connectivity index (χ2n) is 22.9. The molecule has 0 fully saturated rings. The van der Waals surface area contributed by atoms with Gasteiger partial charge in [0.1, 0.15) is 11.2 Å². The van der Waals surface area contributed by atoms with E-state index in [1.165, 1.54) is 55.9 Å². The normalized spacial score (nSPS) is 11.9. The number of fused-ring (bicyclic) bond motifs is 5. The lowest BCUT2D eigenvalue weighted by Gasteiger charge is -2.35. The van der Waals surface area contributed by atoms with Crippen LogP contribution in [-0.2, 0) is 10.8 Å². The van der Waals surface area contributed by atoms with Gasteiger partial charge in [-0.25, -0.2) is 0 Å². The number of nitrogens with zero attached hydrogens (tertiary/aromatic N) is 2. The summed E-state index contributed by atoms with van der Waals surface area (Å²) in [5.74, 6) is 0. The summed E-state index contributed by atoms with van der Waals surface area (Å²) in [5, 5.41) is 6.71. The minimum absolute atomic E-state index is 0.172. The zero-order chi connectivity index (χ0) is 53.8. The second-order valence-corrected chi connectivity index (χ2v) is 22.9. The van der Waals surface area contributed by atoms with Crippen LogP contribution in [0.25, 0.3) is 88.0 Å². The summed E-state index contributed by atoms with van der Waals surface area (Å²) in [7, 11) is 0. The van der Waals surface area contributed by atoms with Crippen LogP contribution in [0.3, 0.4) is 0 Å². The standard InChI is InChI=1S/C76H62N2O/c1-75(2,3)67-37-23-35-63(53-29-15-9-16-30-53)73(67)77(69-39-21-19-33-61(69)51-25-11-7-12-26-51)59-43-41-55-47-65-66-48-56-42-44-60(46-58(56)50-72(66)79-71(65)49-57(55)45-59)78(70-40-22-20-34-62(70)52-27-13-8-14-28-52)74-64(54-31-17-10-18-32-54)36-24-38-68(74)76(4,5)6/h7-50H,1-6H3. The van der Waals surface area contributed by atoms with Crippen molar-refractivity contribution in [1.82, 2.24) is 0 Å². The smallest absolute Gasteiger partial charge is 0.136 e. The summed E-state index contributed by atoms with van der Waals surface area (Å²) in [6, 6.07) is 97.4. The van der Waals surface area contributed by atoms with Crippen LogP contribution in [-0.4, -0.2) is 0 Å². The van der Waals surface area contributed by atoms with E-state index >= 15 is 0 Å². The Labute approximate surface area is 464 Å². The van der Waals surface area contributed by atoms with Crippen LogP contribution in [0.2, 0.25) is 0 Å². The molecule has 0 aliphatic heterocycles. The fraction of sp³-hybridized carbons (Fsp3) is 0.105. The largest absolute Gasteiger partial charge is 0.456 e. The molecule has 0 aliphatic carbocycles. The fourth-order valence-corrected chi connectivity index (χ4v) is 11.8. The molecule has 0 saturated carbocycles. The minimum atomic E-state index is -0.172. The maximum absolute atomic E-state index is 7.02. The molecule has 3 nitrogen and oxygen atoms in total. The van der Waals surface area contributed by atoms with Gasteiger partial charge in [-0.15, -0.1) is 0 Å². The second kappa shape index (κ2) is 19.8. The average Bonchev–Trinajstić information content (AvgIpc) is 4.00. The first kappa shape index (κ1) is 49.2. The van der Waals surface area contributed by atoms with E-state index in [1.54, 1.807) is 0 Å². The molecule has 0 bridgehead atoms. The summed E-state index contributed by atoms with van der Waals surface area (Å²) in [6.07, 6.45) is 0. The van der Waals surface area contributed by atoms with Crippen molar-refractivity contribution in [3.63, 3.8) is 0 Å². The minimum Gasteiger partial charge on any atom is -0.456 e. The molecule has 1 aromatic heterocycles. The lowest BCUT2D eigenvalue weighted by Crippen LogP contribution is -2.20. The van der Waals surface area contributed by atoms with Crippen LogP contribution in [0, 0.1) is 0 Å². The average molecular weight is 1020 g/mol. The number of benzene rings is 12. The molecule has 3 heteroatoms. The first-order chi connectivity index (χ1) is 38.5. The van der Waals surface area contributed by atoms with Gasteiger partial charge in [-0.05, 0) is 126 Å². The van der Waals surface area contributed by atoms with Crippen molar-refractivity contribution < 1.29 is 4.42 Å². The van der Waals surface area contributed by atoms with Gasteiger partial charge in [0, 0.05) is 44.4 Å². The molecule has 1 heterocycles. The van der Waals surface area contributed by atoms with Crippen LogP contribution in [0.15, 0.2) is 271 Å². The number of rotatable bonds is 10. The fourth-order valence-electron chi connectivity index (χ4n) is 11.8. The van der Waals surface area contributed by atoms with Crippen molar-refractivity contribution in [1.29, 1.82) is 0 Å². The van der Waals surface area contributed by atoms with Crippen LogP contribution < -0.4 is 9.80 Å². The molecule has 12 aromatic carbocycles. The first-order valence-corrected chi connectivity index (χ1v) is 27.6. The molecule has 0 N–H and O–H groups in total. The van der Waals surface area contributed by atoms with E-state index < -0.39 is 0 Å². The third-order valence-corrected chi connectivity index (χ3v) is 15.6. The third kappa shape index (κ3) is 9.11. The molecule has 79 heavy (non-hydrogen) atoms. The Morgan fingerprint density at radius 3 is 0.975 bits per heavy atom. The summed E-state index contributed by atoms with van der Waals surface area (Å²) in [6.45, 7) is 13.9. The molecule has 13 rings (SSSR count). The van der Waals surface area contributed by atoms with Gasteiger partial charge in [-0.2, -0.15) is 0 Å². The lowest BCUT2D eigenvalue weighted by atomic mass is 9.82. The number of hydrogen-bond acceptors (Lipinski definition) is 3. The summed E-state index contributed by atoms with van der Waals surface area (Å²) < 4.78 is 7.02. The Balaban J connectivity index is 0.993. The van der Waals surface area contributed by atoms with Crippen molar-refractivity contribution in [2.24, 2.45) is 0 Å². The number of hydrogen-bond donors (Lipinski definition) is 0. The molecule has 13 aromatic rings. The topological polar surface area (TPSA) is 19.6 Å². The van der Waals surface area contributed by atoms with Gasteiger partial charge in [0.25, 0.3) is 0 Å². The molecule has 0 spiro atoms. The summed E-state index contributed by atoms with van der Waals surface area (Å²) in [5.41, 5.74) is 19.9. The van der Waals surface area contributed by atoms with Crippen molar-refractivity contribution in [2.45, 2.75) is 52.4 Å². The highest BCUT2D eigenvalue weighted by Gasteiger charge is 2.30. The predicted molar refractivity (Wildman–Crippen MR) is 337 cm³/mol. The Hall–Kier alpha value is -9.44. The molecule has 0 unspecified atom stereocenters. The van der Waals surface area contributed by atoms with E-state index in [9.17, 15) is 0 Å². The zero-order valence-electron chi connectivity index (χ0n) is 45.7. The van der Waals surface area contributed by atoms with Gasteiger partial charge in [0.05, 0.1) is 22.7 Å². The molecule has 0 aliphatic rings. The molecule has 0 amide bonds. The van der Waals surface area contributed by atoms with Gasteiger partial charge < -0.3 is 14.2 Å². The summed E-state index contributed by atoms with van der Waals surface area (Å²) in [4.78, 5) is 5.00. The maximum Gasteiger partial charge on any atom is 0.136 e. The lowest BCUT2D eigenvalue weighted by molar-refractivity contribution is 0.591. The van der Waals surface area contributed by atoms with Crippen LogP contribution in [0.1, 0.15) is 52.7 Å². The molecular formula is C76H62N2O. The number of anilines is 6. The van der Waals surface area contributed by atoms with Crippen LogP contribution >= 0.6 is 0 Å². The summed E-state index contributed by atoms with van der Waals surface area (Å²) >= 11 is 0. The monoisotopic (exact) mass is 1020 g/mol. The van der Waals surface area contributed by atoms with E-state index in [1.807, 2.05) is 0 Å². The van der Waals surface area contributed by atoms with E-state index in [-0.39, 0.29) is 10.8 Å². The van der Waals surface area contributed by atoms with E-state index in [4.69, 9.17) is 4.42 Å². The molecule has 0 radical (unpaired) electrons. The molecule has 0 atom stereocenters. The third-order valence-electron chi connectivity index (χ3n) is 15.6. The maximum atomic E-state index is 7.02. The van der Waals surface area contributed by atoms with Gasteiger partial charge in [0.2, 0.25) is 0 Å². The van der Waals surface area contributed by atoms with E-state index in [0.717, 1.165) is 77.4 Å². The van der Waals surface area contributed by atoms with Crippen molar-refractivity contribution >= 4 is 77.6 Å². The molecule has 382 valence electrons. The first-order valence-electron chi connectivity index (χ1n) is 27.6. The van der Waals surface area contributed by atoms with Crippen molar-refractivity contribution in [3.8, 4) is 44.5 Å². The van der Waals surface area contributed by atoms with Crippen LogP contribution in [0.5, 0.6) is 0 Å². The van der Waals surface area contributed by atoms with Gasteiger partial charge >= 0.3 is 0 Å². The SMILES string of the molecule is CC(C)(C)c1cccc(-c2ccccc2)c1N(c1ccc2cc3c(cc2c1)oc1cc2cc(N(c4ccccc4-c4ccccc4)c4c(-c5ccccc5)cccc4C(C)(C)C)ccc2cc13)c1ccccc1-c1ccccc1. The van der Waals surface area contributed by atoms with Gasteiger partial charge in [-0.1, -0.05) is 248 Å². The highest BCUT2D eigenvalue weighted by atomic mass is 16.3. The van der Waals surface area contributed by atoms with Crippen LogP contribution in [0.4, 0.5) is 34.1 Å². The highest BCUT2D eigenvalue weighted by Crippen LogP contribution is 2.52. The Morgan fingerprint density at radius 2 is 0.608 bits per heavy atom. The number of para-hydroxylation sites is 4. The molecule has 0 saturated heterocycles. The molecular weight excluding hydrogens is 957 g/mol. The zero-order valence-corrected chi connectivity index (χ0v) is 45.7.